The Labute approximate surface area is 85.4 Å². The van der Waals surface area contributed by atoms with E-state index in [1.54, 1.807) is 0 Å². The summed E-state index contributed by atoms with van der Waals surface area (Å²) in [4.78, 5) is 0. The highest BCUT2D eigenvalue weighted by atomic mass is 16.5. The first-order chi connectivity index (χ1) is 6.78. The second-order valence-electron chi connectivity index (χ2n) is 4.47. The lowest BCUT2D eigenvalue weighted by atomic mass is 9.87. The number of nitriles is 1. The topological polar surface area (TPSA) is 45.0 Å². The average molecular weight is 194 g/mol. The van der Waals surface area contributed by atoms with E-state index in [1.165, 1.54) is 12.8 Å². The summed E-state index contributed by atoms with van der Waals surface area (Å²) in [5.74, 6) is 0. The van der Waals surface area contributed by atoms with Crippen molar-refractivity contribution in [1.29, 1.82) is 5.26 Å². The third kappa shape index (κ3) is 2.08. The SMILES string of the molecule is CCC1CC(C#N)(NC2CC2)CCO1. The van der Waals surface area contributed by atoms with Crippen molar-refractivity contribution in [2.24, 2.45) is 0 Å². The van der Waals surface area contributed by atoms with Gasteiger partial charge in [0, 0.05) is 25.5 Å². The molecule has 1 aliphatic carbocycles. The van der Waals surface area contributed by atoms with Crippen molar-refractivity contribution < 1.29 is 4.74 Å². The lowest BCUT2D eigenvalue weighted by Crippen LogP contribution is -2.51. The molecule has 2 unspecified atom stereocenters. The summed E-state index contributed by atoms with van der Waals surface area (Å²) in [7, 11) is 0. The second-order valence-corrected chi connectivity index (χ2v) is 4.47. The van der Waals surface area contributed by atoms with Crippen molar-refractivity contribution in [1.82, 2.24) is 5.32 Å². The Morgan fingerprint density at radius 2 is 2.36 bits per heavy atom. The molecule has 0 aromatic heterocycles. The molecule has 1 N–H and O–H groups in total. The Bertz CT molecular complexity index is 244. The zero-order chi connectivity index (χ0) is 10.0. The number of nitrogens with zero attached hydrogens (tertiary/aromatic N) is 1. The zero-order valence-electron chi connectivity index (χ0n) is 8.75. The van der Waals surface area contributed by atoms with Gasteiger partial charge in [0.1, 0.15) is 5.54 Å². The first-order valence-corrected chi connectivity index (χ1v) is 5.58. The summed E-state index contributed by atoms with van der Waals surface area (Å²) in [5, 5.41) is 12.7. The van der Waals surface area contributed by atoms with E-state index in [4.69, 9.17) is 4.74 Å². The summed E-state index contributed by atoms with van der Waals surface area (Å²) in [6.07, 6.45) is 5.46. The first-order valence-electron chi connectivity index (χ1n) is 5.58. The van der Waals surface area contributed by atoms with Gasteiger partial charge in [0.15, 0.2) is 0 Å². The maximum atomic E-state index is 9.26. The van der Waals surface area contributed by atoms with Crippen molar-refractivity contribution >= 4 is 0 Å². The fraction of sp³-hybridized carbons (Fsp3) is 0.909. The minimum absolute atomic E-state index is 0.273. The van der Waals surface area contributed by atoms with Crippen molar-refractivity contribution in [3.8, 4) is 6.07 Å². The van der Waals surface area contributed by atoms with Crippen LogP contribution in [-0.4, -0.2) is 24.3 Å². The van der Waals surface area contributed by atoms with Crippen molar-refractivity contribution in [2.45, 2.75) is 56.7 Å². The molecule has 0 bridgehead atoms. The Morgan fingerprint density at radius 1 is 1.57 bits per heavy atom. The van der Waals surface area contributed by atoms with Crippen molar-refractivity contribution in [3.05, 3.63) is 0 Å². The van der Waals surface area contributed by atoms with Gasteiger partial charge in [-0.1, -0.05) is 6.92 Å². The molecule has 3 heteroatoms. The van der Waals surface area contributed by atoms with E-state index in [0.717, 1.165) is 25.9 Å². The maximum Gasteiger partial charge on any atom is 0.111 e. The summed E-state index contributed by atoms with van der Waals surface area (Å²) >= 11 is 0. The Morgan fingerprint density at radius 3 is 2.93 bits per heavy atom. The van der Waals surface area contributed by atoms with E-state index in [0.29, 0.717) is 6.04 Å². The lowest BCUT2D eigenvalue weighted by Gasteiger charge is -2.36. The molecule has 2 fully saturated rings. The summed E-state index contributed by atoms with van der Waals surface area (Å²) in [6.45, 7) is 2.85. The molecule has 1 heterocycles. The van der Waals surface area contributed by atoms with Crippen LogP contribution in [0.15, 0.2) is 0 Å². The molecule has 78 valence electrons. The van der Waals surface area contributed by atoms with Crippen LogP contribution in [0.4, 0.5) is 0 Å². The largest absolute Gasteiger partial charge is 0.378 e. The van der Waals surface area contributed by atoms with E-state index in [1.807, 2.05) is 0 Å². The molecule has 2 rings (SSSR count). The molecule has 0 amide bonds. The van der Waals surface area contributed by atoms with Crippen LogP contribution in [0.3, 0.4) is 0 Å². The molecule has 0 spiro atoms. The van der Waals surface area contributed by atoms with E-state index in [2.05, 4.69) is 18.3 Å². The molecule has 1 saturated carbocycles. The van der Waals surface area contributed by atoms with Crippen LogP contribution in [0.2, 0.25) is 0 Å². The minimum atomic E-state index is -0.292. The smallest absolute Gasteiger partial charge is 0.111 e. The van der Waals surface area contributed by atoms with Crippen LogP contribution in [0, 0.1) is 11.3 Å². The number of hydrogen-bond acceptors (Lipinski definition) is 3. The van der Waals surface area contributed by atoms with Crippen LogP contribution in [0.1, 0.15) is 39.0 Å². The summed E-state index contributed by atoms with van der Waals surface area (Å²) in [5.41, 5.74) is -0.292. The number of nitrogens with one attached hydrogen (secondary N) is 1. The zero-order valence-corrected chi connectivity index (χ0v) is 8.75. The molecule has 1 saturated heterocycles. The van der Waals surface area contributed by atoms with Gasteiger partial charge in [-0.2, -0.15) is 5.26 Å². The number of hydrogen-bond donors (Lipinski definition) is 1. The molecule has 1 aliphatic heterocycles. The number of ether oxygens (including phenoxy) is 1. The van der Waals surface area contributed by atoms with Crippen LogP contribution >= 0.6 is 0 Å². The Balaban J connectivity index is 1.98. The third-order valence-corrected chi connectivity index (χ3v) is 3.19. The van der Waals surface area contributed by atoms with Gasteiger partial charge in [-0.3, -0.25) is 5.32 Å². The molecule has 2 atom stereocenters. The van der Waals surface area contributed by atoms with Crippen LogP contribution < -0.4 is 5.32 Å². The molecule has 3 nitrogen and oxygen atoms in total. The van der Waals surface area contributed by atoms with Crippen LogP contribution in [0.5, 0.6) is 0 Å². The maximum absolute atomic E-state index is 9.26. The molecular weight excluding hydrogens is 176 g/mol. The minimum Gasteiger partial charge on any atom is -0.378 e. The van der Waals surface area contributed by atoms with Gasteiger partial charge < -0.3 is 4.74 Å². The van der Waals surface area contributed by atoms with Crippen LogP contribution in [0.25, 0.3) is 0 Å². The third-order valence-electron chi connectivity index (χ3n) is 3.19. The standard InChI is InChI=1S/C11H18N2O/c1-2-10-7-11(8-12,5-6-14-10)13-9-3-4-9/h9-10,13H,2-7H2,1H3. The van der Waals surface area contributed by atoms with Gasteiger partial charge in [-0.05, 0) is 19.3 Å². The predicted octanol–water partition coefficient (Wildman–Crippen LogP) is 1.59. The highest BCUT2D eigenvalue weighted by Gasteiger charge is 2.40. The molecule has 0 aromatic carbocycles. The highest BCUT2D eigenvalue weighted by molar-refractivity contribution is 5.12. The molecular formula is C11H18N2O. The Hall–Kier alpha value is -0.590. The Kier molecular flexibility index (Phi) is 2.76. The first kappa shape index (κ1) is 9.95. The van der Waals surface area contributed by atoms with Gasteiger partial charge in [0.2, 0.25) is 0 Å². The molecule has 2 aliphatic rings. The molecule has 0 aromatic rings. The van der Waals surface area contributed by atoms with Gasteiger partial charge >= 0.3 is 0 Å². The van der Waals surface area contributed by atoms with Gasteiger partial charge in [-0.25, -0.2) is 0 Å². The lowest BCUT2D eigenvalue weighted by molar-refractivity contribution is -0.0161. The van der Waals surface area contributed by atoms with E-state index in [9.17, 15) is 5.26 Å². The number of rotatable bonds is 3. The molecule has 14 heavy (non-hydrogen) atoms. The quantitative estimate of drug-likeness (QED) is 0.742. The van der Waals surface area contributed by atoms with Gasteiger partial charge in [0.05, 0.1) is 12.2 Å². The second kappa shape index (κ2) is 3.88. The van der Waals surface area contributed by atoms with E-state index < -0.39 is 0 Å². The van der Waals surface area contributed by atoms with Crippen molar-refractivity contribution in [2.75, 3.05) is 6.61 Å². The fourth-order valence-corrected chi connectivity index (χ4v) is 2.09. The fourth-order valence-electron chi connectivity index (χ4n) is 2.09. The van der Waals surface area contributed by atoms with Gasteiger partial charge in [0.25, 0.3) is 0 Å². The average Bonchev–Trinajstić information content (AvgIpc) is 3.02. The van der Waals surface area contributed by atoms with E-state index in [-0.39, 0.29) is 11.6 Å². The normalized spacial score (nSPS) is 37.9. The predicted molar refractivity (Wildman–Crippen MR) is 53.8 cm³/mol. The molecule has 0 radical (unpaired) electrons. The van der Waals surface area contributed by atoms with Crippen LogP contribution in [-0.2, 0) is 4.74 Å². The monoisotopic (exact) mass is 194 g/mol. The summed E-state index contributed by atoms with van der Waals surface area (Å²) in [6, 6.07) is 3.06. The van der Waals surface area contributed by atoms with Gasteiger partial charge in [-0.15, -0.1) is 0 Å². The van der Waals surface area contributed by atoms with Crippen molar-refractivity contribution in [3.63, 3.8) is 0 Å². The highest BCUT2D eigenvalue weighted by Crippen LogP contribution is 2.30. The summed E-state index contributed by atoms with van der Waals surface area (Å²) < 4.78 is 5.60. The van der Waals surface area contributed by atoms with E-state index >= 15 is 0 Å².